The SMILES string of the molecule is Cc1cc2oc(C(=O)Nc3ccc4c(c3)NC(=O)[C@H](C)O4)cc(=O)c2cc1Cl. The van der Waals surface area contributed by atoms with Gasteiger partial charge in [0.05, 0.1) is 11.1 Å². The molecule has 2 N–H and O–H groups in total. The molecule has 2 heterocycles. The molecule has 0 saturated heterocycles. The van der Waals surface area contributed by atoms with Crippen molar-refractivity contribution in [3.8, 4) is 5.75 Å². The zero-order valence-corrected chi connectivity index (χ0v) is 15.7. The number of hydrogen-bond acceptors (Lipinski definition) is 5. The van der Waals surface area contributed by atoms with Crippen LogP contribution in [0.25, 0.3) is 11.0 Å². The van der Waals surface area contributed by atoms with E-state index in [9.17, 15) is 14.4 Å². The molecule has 8 heteroatoms. The second-order valence-electron chi connectivity index (χ2n) is 6.49. The molecule has 4 rings (SSSR count). The molecule has 0 saturated carbocycles. The smallest absolute Gasteiger partial charge is 0.291 e. The first-order valence-electron chi connectivity index (χ1n) is 8.49. The van der Waals surface area contributed by atoms with Crippen molar-refractivity contribution in [2.45, 2.75) is 20.0 Å². The molecule has 142 valence electrons. The summed E-state index contributed by atoms with van der Waals surface area (Å²) in [6, 6.07) is 9.09. The van der Waals surface area contributed by atoms with Gasteiger partial charge in [-0.25, -0.2) is 0 Å². The Bertz CT molecular complexity index is 1200. The number of carbonyl (C=O) groups is 2. The number of halogens is 1. The summed E-state index contributed by atoms with van der Waals surface area (Å²) in [5, 5.41) is 6.10. The van der Waals surface area contributed by atoms with Gasteiger partial charge in [0.1, 0.15) is 11.3 Å². The minimum Gasteiger partial charge on any atom is -0.479 e. The lowest BCUT2D eigenvalue weighted by Gasteiger charge is -2.23. The van der Waals surface area contributed by atoms with Gasteiger partial charge in [0, 0.05) is 16.8 Å². The van der Waals surface area contributed by atoms with Gasteiger partial charge in [-0.15, -0.1) is 0 Å². The summed E-state index contributed by atoms with van der Waals surface area (Å²) in [4.78, 5) is 36.6. The maximum atomic E-state index is 12.6. The number of fused-ring (bicyclic) bond motifs is 2. The van der Waals surface area contributed by atoms with Crippen LogP contribution < -0.4 is 20.8 Å². The normalized spacial score (nSPS) is 15.5. The van der Waals surface area contributed by atoms with Gasteiger partial charge in [0.2, 0.25) is 0 Å². The van der Waals surface area contributed by atoms with Gasteiger partial charge in [-0.3, -0.25) is 14.4 Å². The fraction of sp³-hybridized carbons (Fsp3) is 0.150. The van der Waals surface area contributed by atoms with Crippen LogP contribution in [0.4, 0.5) is 11.4 Å². The molecule has 1 atom stereocenters. The first-order valence-corrected chi connectivity index (χ1v) is 8.86. The average molecular weight is 399 g/mol. The van der Waals surface area contributed by atoms with Gasteiger partial charge in [-0.05, 0) is 49.7 Å². The van der Waals surface area contributed by atoms with Crippen LogP contribution in [0.5, 0.6) is 5.75 Å². The van der Waals surface area contributed by atoms with Crippen molar-refractivity contribution >= 4 is 45.8 Å². The lowest BCUT2D eigenvalue weighted by atomic mass is 10.1. The van der Waals surface area contributed by atoms with E-state index in [2.05, 4.69) is 10.6 Å². The number of aryl methyl sites for hydroxylation is 1. The molecule has 0 aliphatic carbocycles. The van der Waals surface area contributed by atoms with Crippen LogP contribution in [0.15, 0.2) is 45.6 Å². The minimum atomic E-state index is -0.594. The fourth-order valence-corrected chi connectivity index (χ4v) is 3.03. The van der Waals surface area contributed by atoms with Crippen molar-refractivity contribution < 1.29 is 18.7 Å². The molecule has 2 aromatic carbocycles. The zero-order valence-electron chi connectivity index (χ0n) is 15.0. The highest BCUT2D eigenvalue weighted by atomic mass is 35.5. The van der Waals surface area contributed by atoms with Crippen LogP contribution in [-0.4, -0.2) is 17.9 Å². The molecular formula is C20H15ClN2O5. The van der Waals surface area contributed by atoms with Gasteiger partial charge in [-0.2, -0.15) is 0 Å². The molecule has 1 aliphatic rings. The molecule has 0 spiro atoms. The first kappa shape index (κ1) is 18.1. The quantitative estimate of drug-likeness (QED) is 0.685. The highest BCUT2D eigenvalue weighted by Gasteiger charge is 2.24. The Hall–Kier alpha value is -3.32. The number of amides is 2. The first-order chi connectivity index (χ1) is 13.3. The van der Waals surface area contributed by atoms with Gasteiger partial charge < -0.3 is 19.8 Å². The monoisotopic (exact) mass is 398 g/mol. The third kappa shape index (κ3) is 3.20. The molecular weight excluding hydrogens is 384 g/mol. The molecule has 1 aliphatic heterocycles. The standard InChI is InChI=1S/C20H15ClN2O5/c1-9-5-17-12(7-13(9)21)15(24)8-18(28-17)20(26)22-11-3-4-16-14(6-11)23-19(25)10(2)27-16/h3-8,10H,1-2H3,(H,22,26)(H,23,25)/t10-/m0/s1. The predicted molar refractivity (Wildman–Crippen MR) is 105 cm³/mol. The average Bonchev–Trinajstić information content (AvgIpc) is 2.64. The Morgan fingerprint density at radius 3 is 2.75 bits per heavy atom. The van der Waals surface area contributed by atoms with Crippen LogP contribution in [0.2, 0.25) is 5.02 Å². The Balaban J connectivity index is 1.64. The van der Waals surface area contributed by atoms with Crippen LogP contribution >= 0.6 is 11.6 Å². The lowest BCUT2D eigenvalue weighted by Crippen LogP contribution is -2.34. The Labute approximate surface area is 164 Å². The predicted octanol–water partition coefficient (Wildman–Crippen LogP) is 3.73. The summed E-state index contributed by atoms with van der Waals surface area (Å²) in [5.74, 6) is -0.492. The summed E-state index contributed by atoms with van der Waals surface area (Å²) in [7, 11) is 0. The summed E-state index contributed by atoms with van der Waals surface area (Å²) < 4.78 is 11.1. The van der Waals surface area contributed by atoms with E-state index >= 15 is 0 Å². The number of benzene rings is 2. The van der Waals surface area contributed by atoms with E-state index in [1.165, 1.54) is 6.07 Å². The molecule has 0 bridgehead atoms. The number of ether oxygens (including phenoxy) is 1. The largest absolute Gasteiger partial charge is 0.479 e. The van der Waals surface area contributed by atoms with E-state index in [1.807, 2.05) is 0 Å². The number of rotatable bonds is 2. The van der Waals surface area contributed by atoms with Crippen LogP contribution in [0.1, 0.15) is 23.0 Å². The minimum absolute atomic E-state index is 0.133. The number of anilines is 2. The number of carbonyl (C=O) groups excluding carboxylic acids is 2. The van der Waals surface area contributed by atoms with E-state index in [4.69, 9.17) is 20.8 Å². The Morgan fingerprint density at radius 2 is 1.96 bits per heavy atom. The van der Waals surface area contributed by atoms with Crippen LogP contribution in [0.3, 0.4) is 0 Å². The van der Waals surface area contributed by atoms with Gasteiger partial charge >= 0.3 is 0 Å². The maximum absolute atomic E-state index is 12.6. The fourth-order valence-electron chi connectivity index (χ4n) is 2.87. The van der Waals surface area contributed by atoms with Crippen molar-refractivity contribution in [1.82, 2.24) is 0 Å². The third-order valence-electron chi connectivity index (χ3n) is 4.40. The van der Waals surface area contributed by atoms with Crippen molar-refractivity contribution in [1.29, 1.82) is 0 Å². The highest BCUT2D eigenvalue weighted by molar-refractivity contribution is 6.32. The van der Waals surface area contributed by atoms with E-state index in [0.29, 0.717) is 27.5 Å². The second-order valence-corrected chi connectivity index (χ2v) is 6.89. The van der Waals surface area contributed by atoms with Gasteiger partial charge in [0.15, 0.2) is 17.3 Å². The molecule has 0 unspecified atom stereocenters. The lowest BCUT2D eigenvalue weighted by molar-refractivity contribution is -0.122. The molecule has 2 amide bonds. The summed E-state index contributed by atoms with van der Waals surface area (Å²) in [6.45, 7) is 3.42. The highest BCUT2D eigenvalue weighted by Crippen LogP contribution is 2.32. The number of hydrogen-bond donors (Lipinski definition) is 2. The van der Waals surface area contributed by atoms with Gasteiger partial charge in [-0.1, -0.05) is 11.6 Å². The van der Waals surface area contributed by atoms with Crippen molar-refractivity contribution in [2.75, 3.05) is 10.6 Å². The van der Waals surface area contributed by atoms with Crippen molar-refractivity contribution in [2.24, 2.45) is 0 Å². The number of nitrogens with one attached hydrogen (secondary N) is 2. The van der Waals surface area contributed by atoms with Crippen LogP contribution in [0, 0.1) is 6.92 Å². The van der Waals surface area contributed by atoms with E-state index in [-0.39, 0.29) is 22.7 Å². The molecule has 7 nitrogen and oxygen atoms in total. The van der Waals surface area contributed by atoms with Gasteiger partial charge in [0.25, 0.3) is 11.8 Å². The summed E-state index contributed by atoms with van der Waals surface area (Å²) in [5.41, 5.74) is 1.51. The molecule has 1 aromatic heterocycles. The van der Waals surface area contributed by atoms with E-state index in [1.54, 1.807) is 38.1 Å². The van der Waals surface area contributed by atoms with Crippen LogP contribution in [-0.2, 0) is 4.79 Å². The zero-order chi connectivity index (χ0) is 20.0. The topological polar surface area (TPSA) is 97.6 Å². The molecule has 28 heavy (non-hydrogen) atoms. The summed E-state index contributed by atoms with van der Waals surface area (Å²) in [6.07, 6.45) is -0.586. The summed E-state index contributed by atoms with van der Waals surface area (Å²) >= 11 is 6.05. The Kier molecular flexibility index (Phi) is 4.31. The van der Waals surface area contributed by atoms with E-state index < -0.39 is 12.0 Å². The maximum Gasteiger partial charge on any atom is 0.291 e. The second kappa shape index (κ2) is 6.69. The van der Waals surface area contributed by atoms with Crippen molar-refractivity contribution in [3.63, 3.8) is 0 Å². The van der Waals surface area contributed by atoms with Crippen molar-refractivity contribution in [3.05, 3.63) is 63.0 Å². The molecule has 3 aromatic rings. The van der Waals surface area contributed by atoms with E-state index in [0.717, 1.165) is 11.6 Å². The molecule has 0 radical (unpaired) electrons. The molecule has 0 fully saturated rings. The third-order valence-corrected chi connectivity index (χ3v) is 4.81. The Morgan fingerprint density at radius 1 is 1.18 bits per heavy atom.